The van der Waals surface area contributed by atoms with Gasteiger partial charge in [-0.15, -0.1) is 35.0 Å². The zero-order valence-electron chi connectivity index (χ0n) is 19.1. The molecule has 5 rings (SSSR count). The highest BCUT2D eigenvalue weighted by atomic mass is 35.5. The Hall–Kier alpha value is -3.14. The number of piperazine rings is 1. The van der Waals surface area contributed by atoms with E-state index in [4.69, 9.17) is 4.74 Å². The minimum atomic E-state index is 0. The normalized spacial score (nSPS) is 15.5. The summed E-state index contributed by atoms with van der Waals surface area (Å²) in [4.78, 5) is 6.69. The predicted molar refractivity (Wildman–Crippen MR) is 137 cm³/mol. The van der Waals surface area contributed by atoms with E-state index in [-0.39, 0.29) is 30.6 Å². The van der Waals surface area contributed by atoms with E-state index in [9.17, 15) is 5.11 Å². The van der Waals surface area contributed by atoms with Crippen molar-refractivity contribution in [1.29, 1.82) is 0 Å². The summed E-state index contributed by atoms with van der Waals surface area (Å²) < 4.78 is 7.26. The second kappa shape index (κ2) is 10.4. The first-order valence-corrected chi connectivity index (χ1v) is 10.5. The lowest BCUT2D eigenvalue weighted by atomic mass is 10.0. The molecule has 1 aliphatic rings. The summed E-state index contributed by atoms with van der Waals surface area (Å²) in [5, 5.41) is 28.2. The number of halogens is 2. The van der Waals surface area contributed by atoms with Crippen molar-refractivity contribution in [3.8, 4) is 34.0 Å². The zero-order chi connectivity index (χ0) is 22.2. The molecule has 1 fully saturated rings. The van der Waals surface area contributed by atoms with Gasteiger partial charge in [-0.25, -0.2) is 4.98 Å². The quantitative estimate of drug-likeness (QED) is 0.436. The van der Waals surface area contributed by atoms with Crippen molar-refractivity contribution in [3.63, 3.8) is 0 Å². The van der Waals surface area contributed by atoms with Gasteiger partial charge >= 0.3 is 0 Å². The maximum absolute atomic E-state index is 10.7. The number of nitrogens with zero attached hydrogens (tertiary/aromatic N) is 6. The molecule has 0 radical (unpaired) electrons. The van der Waals surface area contributed by atoms with Gasteiger partial charge in [0.25, 0.3) is 0 Å². The van der Waals surface area contributed by atoms with Gasteiger partial charge in [0, 0.05) is 56.1 Å². The van der Waals surface area contributed by atoms with Crippen LogP contribution in [-0.2, 0) is 7.05 Å². The van der Waals surface area contributed by atoms with Crippen molar-refractivity contribution in [2.24, 2.45) is 7.05 Å². The molecule has 0 bridgehead atoms. The summed E-state index contributed by atoms with van der Waals surface area (Å²) in [6.07, 6.45) is 3.65. The Morgan fingerprint density at radius 1 is 1.12 bits per heavy atom. The first-order chi connectivity index (χ1) is 15.5. The van der Waals surface area contributed by atoms with Crippen LogP contribution in [0.3, 0.4) is 0 Å². The SMILES string of the molecule is COc1cc(-c2cnc(-c3ccc(N4CCNC(C)C4)nn3)c(O)c2)cc2cn(C)nc12.Cl.Cl. The van der Waals surface area contributed by atoms with E-state index in [1.54, 1.807) is 24.1 Å². The smallest absolute Gasteiger partial charge is 0.151 e. The van der Waals surface area contributed by atoms with Gasteiger partial charge in [-0.2, -0.15) is 5.10 Å². The predicted octanol–water partition coefficient (Wildman–Crippen LogP) is 3.45. The first-order valence-electron chi connectivity index (χ1n) is 10.5. The van der Waals surface area contributed by atoms with Gasteiger partial charge in [-0.3, -0.25) is 4.68 Å². The van der Waals surface area contributed by atoms with Gasteiger partial charge in [0.1, 0.15) is 28.4 Å². The number of ether oxygens (including phenoxy) is 1. The molecular formula is C23H27Cl2N7O2. The highest BCUT2D eigenvalue weighted by Crippen LogP contribution is 2.35. The number of rotatable bonds is 4. The Morgan fingerprint density at radius 3 is 2.62 bits per heavy atom. The molecule has 3 aromatic heterocycles. The molecule has 0 aliphatic carbocycles. The van der Waals surface area contributed by atoms with Crippen molar-refractivity contribution in [2.75, 3.05) is 31.6 Å². The average Bonchev–Trinajstić information content (AvgIpc) is 3.18. The lowest BCUT2D eigenvalue weighted by molar-refractivity contribution is 0.418. The minimum absolute atomic E-state index is 0. The number of aryl methyl sites for hydroxylation is 1. The molecule has 4 heterocycles. The number of pyridine rings is 1. The Morgan fingerprint density at radius 2 is 1.94 bits per heavy atom. The molecule has 1 aromatic carbocycles. The molecule has 9 nitrogen and oxygen atoms in total. The van der Waals surface area contributed by atoms with Crippen molar-refractivity contribution in [1.82, 2.24) is 30.3 Å². The van der Waals surface area contributed by atoms with Crippen molar-refractivity contribution in [3.05, 3.63) is 42.7 Å². The van der Waals surface area contributed by atoms with E-state index >= 15 is 0 Å². The van der Waals surface area contributed by atoms with Gasteiger partial charge in [-0.05, 0) is 42.8 Å². The summed E-state index contributed by atoms with van der Waals surface area (Å²) in [7, 11) is 3.49. The average molecular weight is 504 g/mol. The number of hydrogen-bond acceptors (Lipinski definition) is 8. The lowest BCUT2D eigenvalue weighted by Crippen LogP contribution is -2.49. The van der Waals surface area contributed by atoms with Crippen molar-refractivity contribution >= 4 is 41.5 Å². The third-order valence-corrected chi connectivity index (χ3v) is 5.69. The van der Waals surface area contributed by atoms with Crippen LogP contribution in [0.15, 0.2) is 42.7 Å². The maximum atomic E-state index is 10.7. The molecule has 0 spiro atoms. The molecule has 1 aliphatic heterocycles. The fraction of sp³-hybridized carbons (Fsp3) is 0.304. The van der Waals surface area contributed by atoms with Gasteiger partial charge in [0.2, 0.25) is 0 Å². The highest BCUT2D eigenvalue weighted by molar-refractivity contribution is 5.90. The molecule has 1 saturated heterocycles. The van der Waals surface area contributed by atoms with E-state index in [1.807, 2.05) is 37.5 Å². The summed E-state index contributed by atoms with van der Waals surface area (Å²) in [6.45, 7) is 4.85. The maximum Gasteiger partial charge on any atom is 0.151 e. The second-order valence-corrected chi connectivity index (χ2v) is 8.09. The summed E-state index contributed by atoms with van der Waals surface area (Å²) in [6, 6.07) is 9.77. The Balaban J connectivity index is 0.00000162. The molecule has 34 heavy (non-hydrogen) atoms. The van der Waals surface area contributed by atoms with Crippen molar-refractivity contribution < 1.29 is 9.84 Å². The lowest BCUT2D eigenvalue weighted by Gasteiger charge is -2.32. The Labute approximate surface area is 210 Å². The summed E-state index contributed by atoms with van der Waals surface area (Å²) >= 11 is 0. The van der Waals surface area contributed by atoms with Crippen LogP contribution in [0.5, 0.6) is 11.5 Å². The van der Waals surface area contributed by atoms with E-state index in [2.05, 4.69) is 37.4 Å². The summed E-state index contributed by atoms with van der Waals surface area (Å²) in [5.74, 6) is 1.55. The van der Waals surface area contributed by atoms with E-state index < -0.39 is 0 Å². The number of benzene rings is 1. The van der Waals surface area contributed by atoms with Crippen LogP contribution < -0.4 is 15.0 Å². The fourth-order valence-electron chi connectivity index (χ4n) is 4.11. The largest absolute Gasteiger partial charge is 0.506 e. The standard InChI is InChI=1S/C23H25N7O2.2ClH/c1-14-12-30(7-6-24-14)21-5-4-18(26-27-21)23-19(31)9-16(11-25-23)15-8-17-13-29(2)28-22(17)20(10-15)32-3;;/h4-5,8-11,13-14,24,31H,6-7,12H2,1-3H3;2*1H. The number of anilines is 1. The van der Waals surface area contributed by atoms with Crippen LogP contribution >= 0.6 is 24.8 Å². The summed E-state index contributed by atoms with van der Waals surface area (Å²) in [5.41, 5.74) is 3.37. The monoisotopic (exact) mass is 503 g/mol. The van der Waals surface area contributed by atoms with Crippen LogP contribution in [0.1, 0.15) is 6.92 Å². The van der Waals surface area contributed by atoms with Gasteiger partial charge < -0.3 is 20.1 Å². The topological polar surface area (TPSA) is 101 Å². The Kier molecular flexibility index (Phi) is 7.81. The van der Waals surface area contributed by atoms with E-state index in [1.165, 1.54) is 0 Å². The first kappa shape index (κ1) is 25.5. The van der Waals surface area contributed by atoms with E-state index in [0.29, 0.717) is 23.2 Å². The third-order valence-electron chi connectivity index (χ3n) is 5.69. The molecular weight excluding hydrogens is 477 g/mol. The number of nitrogens with one attached hydrogen (secondary N) is 1. The molecule has 1 atom stereocenters. The zero-order valence-corrected chi connectivity index (χ0v) is 20.7. The molecule has 0 saturated carbocycles. The van der Waals surface area contributed by atoms with Crippen LogP contribution in [0.25, 0.3) is 33.4 Å². The van der Waals surface area contributed by atoms with E-state index in [0.717, 1.165) is 47.5 Å². The number of aromatic nitrogens is 5. The molecule has 4 aromatic rings. The number of aromatic hydroxyl groups is 1. The number of fused-ring (bicyclic) bond motifs is 1. The minimum Gasteiger partial charge on any atom is -0.506 e. The molecule has 11 heteroatoms. The molecule has 1 unspecified atom stereocenters. The van der Waals surface area contributed by atoms with Gasteiger partial charge in [-0.1, -0.05) is 0 Å². The van der Waals surface area contributed by atoms with Crippen molar-refractivity contribution in [2.45, 2.75) is 13.0 Å². The molecule has 2 N–H and O–H groups in total. The highest BCUT2D eigenvalue weighted by Gasteiger charge is 2.18. The van der Waals surface area contributed by atoms with Crippen LogP contribution in [0.4, 0.5) is 5.82 Å². The van der Waals surface area contributed by atoms with Crippen LogP contribution in [-0.4, -0.2) is 62.9 Å². The fourth-order valence-corrected chi connectivity index (χ4v) is 4.11. The van der Waals surface area contributed by atoms with Gasteiger partial charge in [0.05, 0.1) is 7.11 Å². The second-order valence-electron chi connectivity index (χ2n) is 8.09. The number of methoxy groups -OCH3 is 1. The molecule has 180 valence electrons. The number of hydrogen-bond donors (Lipinski definition) is 2. The Bertz CT molecular complexity index is 1280. The third kappa shape index (κ3) is 4.86. The van der Waals surface area contributed by atoms with Crippen LogP contribution in [0, 0.1) is 0 Å². The van der Waals surface area contributed by atoms with Gasteiger partial charge in [0.15, 0.2) is 5.82 Å². The van der Waals surface area contributed by atoms with Crippen LogP contribution in [0.2, 0.25) is 0 Å². The molecule has 0 amide bonds.